The zero-order valence-electron chi connectivity index (χ0n) is 12.1. The normalized spacial score (nSPS) is 14.6. The number of nitrogens with one attached hydrogen (secondary N) is 1. The van der Waals surface area contributed by atoms with Crippen molar-refractivity contribution < 1.29 is 13.7 Å². The lowest BCUT2D eigenvalue weighted by atomic mass is 9.81. The summed E-state index contributed by atoms with van der Waals surface area (Å²) in [6.45, 7) is 5.83. The molecule has 0 amide bonds. The molecule has 0 spiro atoms. The van der Waals surface area contributed by atoms with E-state index in [9.17, 15) is 18.9 Å². The fourth-order valence-corrected chi connectivity index (χ4v) is 2.55. The molecule has 0 fully saturated rings. The van der Waals surface area contributed by atoms with E-state index < -0.39 is 11.3 Å². The van der Waals surface area contributed by atoms with Crippen LogP contribution < -0.4 is 5.32 Å². The number of rotatable bonds is 6. The maximum Gasteiger partial charge on any atom is 0.269 e. The Morgan fingerprint density at radius 1 is 1.20 bits per heavy atom. The van der Waals surface area contributed by atoms with Crippen LogP contribution in [0.15, 0.2) is 18.2 Å². The molecule has 1 rings (SSSR count). The molecule has 0 saturated carbocycles. The van der Waals surface area contributed by atoms with E-state index in [1.807, 2.05) is 20.8 Å². The molecule has 2 atom stereocenters. The zero-order valence-corrected chi connectivity index (χ0v) is 12.1. The van der Waals surface area contributed by atoms with Gasteiger partial charge in [-0.15, -0.1) is 0 Å². The standard InChI is InChI=1S/C14H20F2N2O2/c1-8(2)13(9(3)17-4)11-6-5-10(18(19)20)7-12(11)14(15)16/h5-9,13-14,17H,1-4H3. The van der Waals surface area contributed by atoms with Crippen molar-refractivity contribution in [2.45, 2.75) is 39.2 Å². The van der Waals surface area contributed by atoms with E-state index in [0.29, 0.717) is 5.56 Å². The molecule has 1 aromatic rings. The molecule has 2 unspecified atom stereocenters. The van der Waals surface area contributed by atoms with Crippen molar-refractivity contribution in [3.63, 3.8) is 0 Å². The van der Waals surface area contributed by atoms with Crippen molar-refractivity contribution in [2.75, 3.05) is 7.05 Å². The van der Waals surface area contributed by atoms with Gasteiger partial charge in [0, 0.05) is 29.7 Å². The molecule has 4 nitrogen and oxygen atoms in total. The summed E-state index contributed by atoms with van der Waals surface area (Å²) >= 11 is 0. The molecule has 0 aliphatic rings. The molecule has 0 saturated heterocycles. The third-order valence-corrected chi connectivity index (χ3v) is 3.59. The van der Waals surface area contributed by atoms with Gasteiger partial charge in [0.05, 0.1) is 4.92 Å². The molecule has 0 bridgehead atoms. The molecule has 112 valence electrons. The number of likely N-dealkylation sites (N-methyl/N-ethyl adjacent to an activating group) is 1. The van der Waals surface area contributed by atoms with Crippen molar-refractivity contribution in [2.24, 2.45) is 5.92 Å². The van der Waals surface area contributed by atoms with Crippen LogP contribution in [0.3, 0.4) is 0 Å². The predicted octanol–water partition coefficient (Wildman–Crippen LogP) is 3.88. The van der Waals surface area contributed by atoms with E-state index in [-0.39, 0.29) is 29.1 Å². The number of non-ortho nitro benzene ring substituents is 1. The second-order valence-corrected chi connectivity index (χ2v) is 5.22. The first kappa shape index (κ1) is 16.5. The topological polar surface area (TPSA) is 55.2 Å². The zero-order chi connectivity index (χ0) is 15.4. The summed E-state index contributed by atoms with van der Waals surface area (Å²) in [5, 5.41) is 13.8. The number of nitro groups is 1. The quantitative estimate of drug-likeness (QED) is 0.637. The highest BCUT2D eigenvalue weighted by Crippen LogP contribution is 2.36. The highest BCUT2D eigenvalue weighted by molar-refractivity contribution is 5.43. The highest BCUT2D eigenvalue weighted by atomic mass is 19.3. The van der Waals surface area contributed by atoms with Crippen molar-refractivity contribution in [1.29, 1.82) is 0 Å². The first-order valence-corrected chi connectivity index (χ1v) is 6.53. The van der Waals surface area contributed by atoms with Crippen LogP contribution in [-0.2, 0) is 0 Å². The number of alkyl halides is 2. The third kappa shape index (κ3) is 3.50. The summed E-state index contributed by atoms with van der Waals surface area (Å²) in [5.41, 5.74) is -0.0777. The van der Waals surface area contributed by atoms with Gasteiger partial charge in [-0.05, 0) is 25.5 Å². The van der Waals surface area contributed by atoms with E-state index in [1.165, 1.54) is 12.1 Å². The molecule has 0 aliphatic heterocycles. The SMILES string of the molecule is CNC(C)C(c1ccc([N+](=O)[O-])cc1C(F)F)C(C)C. The molecule has 0 radical (unpaired) electrons. The smallest absolute Gasteiger partial charge is 0.269 e. The molecule has 1 N–H and O–H groups in total. The summed E-state index contributed by atoms with van der Waals surface area (Å²) in [4.78, 5) is 10.1. The molecule has 0 aromatic heterocycles. The van der Waals surface area contributed by atoms with Gasteiger partial charge in [-0.2, -0.15) is 0 Å². The van der Waals surface area contributed by atoms with E-state index >= 15 is 0 Å². The molecule has 1 aromatic carbocycles. The maximum absolute atomic E-state index is 13.2. The van der Waals surface area contributed by atoms with Gasteiger partial charge in [0.15, 0.2) is 0 Å². The third-order valence-electron chi connectivity index (χ3n) is 3.59. The van der Waals surface area contributed by atoms with Gasteiger partial charge < -0.3 is 5.32 Å². The Hall–Kier alpha value is -1.56. The molecule has 6 heteroatoms. The lowest BCUT2D eigenvalue weighted by Gasteiger charge is -2.29. The van der Waals surface area contributed by atoms with Crippen molar-refractivity contribution in [1.82, 2.24) is 5.32 Å². The van der Waals surface area contributed by atoms with Crippen LogP contribution in [-0.4, -0.2) is 18.0 Å². The molecule has 0 aliphatic carbocycles. The Kier molecular flexibility index (Phi) is 5.56. The largest absolute Gasteiger partial charge is 0.317 e. The number of hydrogen-bond acceptors (Lipinski definition) is 3. The number of nitro benzene ring substituents is 1. The Morgan fingerprint density at radius 2 is 1.80 bits per heavy atom. The van der Waals surface area contributed by atoms with Gasteiger partial charge >= 0.3 is 0 Å². The van der Waals surface area contributed by atoms with Crippen LogP contribution >= 0.6 is 0 Å². The van der Waals surface area contributed by atoms with Crippen molar-refractivity contribution in [3.05, 3.63) is 39.4 Å². The van der Waals surface area contributed by atoms with Crippen LogP contribution in [0.5, 0.6) is 0 Å². The van der Waals surface area contributed by atoms with Crippen LogP contribution in [0.2, 0.25) is 0 Å². The monoisotopic (exact) mass is 286 g/mol. The van der Waals surface area contributed by atoms with Gasteiger partial charge in [0.1, 0.15) is 0 Å². The Labute approximate surface area is 117 Å². The Balaban J connectivity index is 3.37. The summed E-state index contributed by atoms with van der Waals surface area (Å²) in [6.07, 6.45) is -2.73. The molecule has 0 heterocycles. The minimum atomic E-state index is -2.73. The minimum Gasteiger partial charge on any atom is -0.317 e. The van der Waals surface area contributed by atoms with Gasteiger partial charge in [-0.25, -0.2) is 8.78 Å². The van der Waals surface area contributed by atoms with E-state index in [2.05, 4.69) is 5.32 Å². The second kappa shape index (κ2) is 6.74. The van der Waals surface area contributed by atoms with Crippen LogP contribution in [0.25, 0.3) is 0 Å². The first-order valence-electron chi connectivity index (χ1n) is 6.53. The average molecular weight is 286 g/mol. The molecule has 20 heavy (non-hydrogen) atoms. The van der Waals surface area contributed by atoms with E-state index in [0.717, 1.165) is 6.07 Å². The fraction of sp³-hybridized carbons (Fsp3) is 0.571. The highest BCUT2D eigenvalue weighted by Gasteiger charge is 2.28. The predicted molar refractivity (Wildman–Crippen MR) is 74.2 cm³/mol. The Morgan fingerprint density at radius 3 is 2.20 bits per heavy atom. The fourth-order valence-electron chi connectivity index (χ4n) is 2.55. The van der Waals surface area contributed by atoms with E-state index in [4.69, 9.17) is 0 Å². The minimum absolute atomic E-state index is 0.00560. The number of benzene rings is 1. The summed E-state index contributed by atoms with van der Waals surface area (Å²) in [5.74, 6) is 0.00112. The van der Waals surface area contributed by atoms with Gasteiger partial charge in [-0.1, -0.05) is 19.9 Å². The number of nitrogens with zero attached hydrogens (tertiary/aromatic N) is 1. The lowest BCUT2D eigenvalue weighted by molar-refractivity contribution is -0.385. The van der Waals surface area contributed by atoms with E-state index in [1.54, 1.807) is 7.05 Å². The summed E-state index contributed by atoms with van der Waals surface area (Å²) in [7, 11) is 1.77. The van der Waals surface area contributed by atoms with Gasteiger partial charge in [-0.3, -0.25) is 10.1 Å². The second-order valence-electron chi connectivity index (χ2n) is 5.22. The van der Waals surface area contributed by atoms with Gasteiger partial charge in [0.25, 0.3) is 12.1 Å². The first-order chi connectivity index (χ1) is 9.29. The van der Waals surface area contributed by atoms with Crippen molar-refractivity contribution in [3.8, 4) is 0 Å². The maximum atomic E-state index is 13.2. The van der Waals surface area contributed by atoms with Crippen LogP contribution in [0.1, 0.15) is 44.2 Å². The van der Waals surface area contributed by atoms with Crippen LogP contribution in [0, 0.1) is 16.0 Å². The van der Waals surface area contributed by atoms with Gasteiger partial charge in [0.2, 0.25) is 0 Å². The number of hydrogen-bond donors (Lipinski definition) is 1. The summed E-state index contributed by atoms with van der Waals surface area (Å²) < 4.78 is 26.4. The Bertz CT molecular complexity index is 478. The molecular weight excluding hydrogens is 266 g/mol. The van der Waals surface area contributed by atoms with Crippen molar-refractivity contribution >= 4 is 5.69 Å². The summed E-state index contributed by atoms with van der Waals surface area (Å²) in [6, 6.07) is 3.73. The molecular formula is C14H20F2N2O2. The average Bonchev–Trinajstić information content (AvgIpc) is 2.38. The number of halogens is 2. The lowest BCUT2D eigenvalue weighted by Crippen LogP contribution is -2.32. The van der Waals surface area contributed by atoms with Crippen LogP contribution in [0.4, 0.5) is 14.5 Å².